The number of methoxy groups -OCH3 is 3. The minimum absolute atomic E-state index is 0.419. The zero-order valence-corrected chi connectivity index (χ0v) is 19.1. The molecule has 0 aliphatic carbocycles. The van der Waals surface area contributed by atoms with E-state index >= 15 is 0 Å². The maximum Gasteiger partial charge on any atom is 0.417 e. The molecule has 0 N–H and O–H groups in total. The van der Waals surface area contributed by atoms with Crippen molar-refractivity contribution in [1.29, 1.82) is 0 Å². The Balaban J connectivity index is 1.64. The van der Waals surface area contributed by atoms with Gasteiger partial charge in [-0.1, -0.05) is 0 Å². The number of pyridine rings is 1. The molecule has 0 fully saturated rings. The third-order valence-corrected chi connectivity index (χ3v) is 5.60. The summed E-state index contributed by atoms with van der Waals surface area (Å²) in [5.41, 5.74) is 2.16. The van der Waals surface area contributed by atoms with E-state index in [0.717, 1.165) is 23.4 Å². The van der Waals surface area contributed by atoms with Gasteiger partial charge in [0.15, 0.2) is 11.5 Å². The van der Waals surface area contributed by atoms with Gasteiger partial charge in [0.2, 0.25) is 0 Å². The SMILES string of the molecule is COc1cc(CN2CCOc3c(cc(-c4ccc(C(F)(F)F)cn4)cc3OC)C2)cc(OC)c1. The van der Waals surface area contributed by atoms with E-state index in [0.29, 0.717) is 60.5 Å². The number of hydrogen-bond donors (Lipinski definition) is 0. The molecule has 1 aliphatic heterocycles. The molecule has 0 spiro atoms. The van der Waals surface area contributed by atoms with Crippen molar-refractivity contribution in [2.75, 3.05) is 34.5 Å². The molecule has 3 aromatic rings. The highest BCUT2D eigenvalue weighted by Crippen LogP contribution is 2.39. The molecule has 0 bridgehead atoms. The monoisotopic (exact) mass is 474 g/mol. The van der Waals surface area contributed by atoms with Crippen LogP contribution >= 0.6 is 0 Å². The molecule has 0 amide bonds. The Hall–Kier alpha value is -3.46. The lowest BCUT2D eigenvalue weighted by Gasteiger charge is -2.20. The first kappa shape index (κ1) is 23.7. The quantitative estimate of drug-likeness (QED) is 0.490. The fourth-order valence-corrected chi connectivity index (χ4v) is 3.92. The molecule has 2 heterocycles. The largest absolute Gasteiger partial charge is 0.497 e. The maximum absolute atomic E-state index is 12.9. The van der Waals surface area contributed by atoms with E-state index in [9.17, 15) is 13.2 Å². The number of fused-ring (bicyclic) bond motifs is 1. The van der Waals surface area contributed by atoms with E-state index in [1.807, 2.05) is 24.3 Å². The third-order valence-electron chi connectivity index (χ3n) is 5.60. The molecule has 1 aliphatic rings. The average molecular weight is 474 g/mol. The summed E-state index contributed by atoms with van der Waals surface area (Å²) in [5.74, 6) is 2.55. The van der Waals surface area contributed by atoms with Crippen LogP contribution in [0.3, 0.4) is 0 Å². The number of benzene rings is 2. The van der Waals surface area contributed by atoms with Gasteiger partial charge in [-0.3, -0.25) is 9.88 Å². The summed E-state index contributed by atoms with van der Waals surface area (Å²) in [7, 11) is 4.75. The first-order valence-corrected chi connectivity index (χ1v) is 10.6. The maximum atomic E-state index is 12.9. The van der Waals surface area contributed by atoms with Crippen LogP contribution in [0.4, 0.5) is 13.2 Å². The molecule has 0 unspecified atom stereocenters. The van der Waals surface area contributed by atoms with Crippen molar-refractivity contribution < 1.29 is 32.1 Å². The lowest BCUT2D eigenvalue weighted by molar-refractivity contribution is -0.137. The summed E-state index contributed by atoms with van der Waals surface area (Å²) in [6, 6.07) is 11.7. The van der Waals surface area contributed by atoms with Crippen molar-refractivity contribution >= 4 is 0 Å². The summed E-state index contributed by atoms with van der Waals surface area (Å²) in [6.45, 7) is 2.31. The Labute approximate surface area is 195 Å². The fraction of sp³-hybridized carbons (Fsp3) is 0.320. The van der Waals surface area contributed by atoms with Gasteiger partial charge in [-0.2, -0.15) is 13.2 Å². The second kappa shape index (κ2) is 9.80. The predicted octanol–water partition coefficient (Wildman–Crippen LogP) is 5.19. The summed E-state index contributed by atoms with van der Waals surface area (Å²) in [6.07, 6.45) is -3.60. The average Bonchev–Trinajstić information content (AvgIpc) is 3.04. The highest BCUT2D eigenvalue weighted by molar-refractivity contribution is 5.66. The summed E-state index contributed by atoms with van der Waals surface area (Å²) in [5, 5.41) is 0. The van der Waals surface area contributed by atoms with Gasteiger partial charge in [-0.05, 0) is 42.0 Å². The topological polar surface area (TPSA) is 53.1 Å². The minimum atomic E-state index is -4.44. The number of nitrogens with zero attached hydrogens (tertiary/aromatic N) is 2. The van der Waals surface area contributed by atoms with Gasteiger partial charge in [0.1, 0.15) is 18.1 Å². The van der Waals surface area contributed by atoms with Crippen LogP contribution in [-0.4, -0.2) is 44.4 Å². The van der Waals surface area contributed by atoms with Crippen LogP contribution < -0.4 is 18.9 Å². The second-order valence-electron chi connectivity index (χ2n) is 7.88. The second-order valence-corrected chi connectivity index (χ2v) is 7.88. The molecular weight excluding hydrogens is 449 g/mol. The van der Waals surface area contributed by atoms with Crippen LogP contribution in [0.15, 0.2) is 48.7 Å². The van der Waals surface area contributed by atoms with E-state index in [1.165, 1.54) is 13.2 Å². The van der Waals surface area contributed by atoms with Crippen molar-refractivity contribution in [3.63, 3.8) is 0 Å². The first-order valence-electron chi connectivity index (χ1n) is 10.6. The van der Waals surface area contributed by atoms with E-state index in [1.54, 1.807) is 20.3 Å². The lowest BCUT2D eigenvalue weighted by atomic mass is 10.0. The summed E-state index contributed by atoms with van der Waals surface area (Å²) >= 11 is 0. The number of aromatic nitrogens is 1. The molecule has 0 saturated heterocycles. The van der Waals surface area contributed by atoms with E-state index in [-0.39, 0.29) is 0 Å². The number of rotatable bonds is 6. The minimum Gasteiger partial charge on any atom is -0.497 e. The van der Waals surface area contributed by atoms with Gasteiger partial charge < -0.3 is 18.9 Å². The van der Waals surface area contributed by atoms with Crippen molar-refractivity contribution in [3.8, 4) is 34.3 Å². The van der Waals surface area contributed by atoms with Crippen molar-refractivity contribution in [3.05, 3.63) is 65.4 Å². The highest BCUT2D eigenvalue weighted by atomic mass is 19.4. The molecule has 4 rings (SSSR count). The summed E-state index contributed by atoms with van der Waals surface area (Å²) in [4.78, 5) is 6.24. The normalized spacial score (nSPS) is 14.1. The van der Waals surface area contributed by atoms with E-state index < -0.39 is 11.7 Å². The third kappa shape index (κ3) is 5.20. The van der Waals surface area contributed by atoms with Crippen LogP contribution in [0, 0.1) is 0 Å². The van der Waals surface area contributed by atoms with Crippen LogP contribution in [-0.2, 0) is 19.3 Å². The number of hydrogen-bond acceptors (Lipinski definition) is 6. The van der Waals surface area contributed by atoms with Gasteiger partial charge in [-0.25, -0.2) is 0 Å². The molecule has 6 nitrogen and oxygen atoms in total. The van der Waals surface area contributed by atoms with Crippen molar-refractivity contribution in [2.45, 2.75) is 19.3 Å². The Morgan fingerprint density at radius 3 is 2.29 bits per heavy atom. The molecule has 0 saturated carbocycles. The Morgan fingerprint density at radius 2 is 1.71 bits per heavy atom. The van der Waals surface area contributed by atoms with Crippen LogP contribution in [0.25, 0.3) is 11.3 Å². The molecular formula is C25H25F3N2O4. The lowest BCUT2D eigenvalue weighted by Crippen LogP contribution is -2.25. The van der Waals surface area contributed by atoms with Gasteiger partial charge in [0.05, 0.1) is 32.6 Å². The number of halogens is 3. The number of ether oxygens (including phenoxy) is 4. The molecule has 0 atom stereocenters. The van der Waals surface area contributed by atoms with E-state index in [4.69, 9.17) is 18.9 Å². The standard InChI is InChI=1S/C25H25F3N2O4/c1-31-20-8-16(9-21(12-20)32-2)14-30-6-7-34-24-18(15-30)10-17(11-23(24)33-3)22-5-4-19(13-29-22)25(26,27)28/h4-5,8-13H,6-7,14-15H2,1-3H3. The van der Waals surface area contributed by atoms with Gasteiger partial charge >= 0.3 is 6.18 Å². The molecule has 9 heteroatoms. The van der Waals surface area contributed by atoms with Gasteiger partial charge in [0.25, 0.3) is 0 Å². The Bertz CT molecular complexity index is 1130. The fourth-order valence-electron chi connectivity index (χ4n) is 3.92. The van der Waals surface area contributed by atoms with E-state index in [2.05, 4.69) is 9.88 Å². The summed E-state index contributed by atoms with van der Waals surface area (Å²) < 4.78 is 61.1. The smallest absolute Gasteiger partial charge is 0.417 e. The zero-order chi connectivity index (χ0) is 24.3. The molecule has 1 aromatic heterocycles. The van der Waals surface area contributed by atoms with Gasteiger partial charge in [0, 0.05) is 43.0 Å². The van der Waals surface area contributed by atoms with Crippen LogP contribution in [0.5, 0.6) is 23.0 Å². The van der Waals surface area contributed by atoms with Crippen LogP contribution in [0.2, 0.25) is 0 Å². The molecule has 0 radical (unpaired) electrons. The van der Waals surface area contributed by atoms with Crippen molar-refractivity contribution in [2.24, 2.45) is 0 Å². The highest BCUT2D eigenvalue weighted by Gasteiger charge is 2.31. The Kier molecular flexibility index (Phi) is 6.83. The molecule has 34 heavy (non-hydrogen) atoms. The zero-order valence-electron chi connectivity index (χ0n) is 19.1. The molecule has 2 aromatic carbocycles. The van der Waals surface area contributed by atoms with Gasteiger partial charge in [-0.15, -0.1) is 0 Å². The first-order chi connectivity index (χ1) is 16.3. The predicted molar refractivity (Wildman–Crippen MR) is 120 cm³/mol. The molecule has 180 valence electrons. The number of alkyl halides is 3. The Morgan fingerprint density at radius 1 is 0.971 bits per heavy atom. The van der Waals surface area contributed by atoms with Crippen LogP contribution in [0.1, 0.15) is 16.7 Å². The van der Waals surface area contributed by atoms with Crippen molar-refractivity contribution in [1.82, 2.24) is 9.88 Å².